The molecule has 0 aromatic rings. The average molecular weight is 263 g/mol. The molecule has 0 spiro atoms. The van der Waals surface area contributed by atoms with Crippen molar-refractivity contribution in [1.82, 2.24) is 0 Å². The van der Waals surface area contributed by atoms with Gasteiger partial charge in [0.15, 0.2) is 9.84 Å². The van der Waals surface area contributed by atoms with Crippen LogP contribution < -0.4 is 5.73 Å². The minimum atomic E-state index is -2.87. The Labute approximate surface area is 107 Å². The zero-order valence-electron chi connectivity index (χ0n) is 11.5. The van der Waals surface area contributed by atoms with Crippen LogP contribution in [-0.4, -0.2) is 26.5 Å². The molecule has 4 heteroatoms. The van der Waals surface area contributed by atoms with Gasteiger partial charge in [-0.05, 0) is 18.9 Å². The van der Waals surface area contributed by atoms with Gasteiger partial charge < -0.3 is 5.73 Å². The summed E-state index contributed by atoms with van der Waals surface area (Å²) >= 11 is 0. The molecule has 0 saturated carbocycles. The summed E-state index contributed by atoms with van der Waals surface area (Å²) in [6.45, 7) is 4.55. The number of rotatable bonds is 11. The lowest BCUT2D eigenvalue weighted by molar-refractivity contribution is 0.563. The highest BCUT2D eigenvalue weighted by molar-refractivity contribution is 7.91. The molecular weight excluding hydrogens is 234 g/mol. The molecule has 2 N–H and O–H groups in total. The third kappa shape index (κ3) is 10.8. The summed E-state index contributed by atoms with van der Waals surface area (Å²) in [5.74, 6) is 0.675. The Bertz CT molecular complexity index is 263. The summed E-state index contributed by atoms with van der Waals surface area (Å²) in [7, 11) is -2.87. The topological polar surface area (TPSA) is 60.2 Å². The SMILES string of the molecule is CCCCCCCCCS(=O)(=O)CC(C)CN. The van der Waals surface area contributed by atoms with Crippen LogP contribution in [0.25, 0.3) is 0 Å². The van der Waals surface area contributed by atoms with Gasteiger partial charge in [0.25, 0.3) is 0 Å². The van der Waals surface area contributed by atoms with Crippen LogP contribution in [0.4, 0.5) is 0 Å². The standard InChI is InChI=1S/C13H29NO2S/c1-3-4-5-6-7-8-9-10-17(15,16)12-13(2)11-14/h13H,3-12,14H2,1-2H3. The first-order chi connectivity index (χ1) is 8.02. The van der Waals surface area contributed by atoms with Gasteiger partial charge in [0.2, 0.25) is 0 Å². The predicted molar refractivity (Wildman–Crippen MR) is 74.9 cm³/mol. The van der Waals surface area contributed by atoms with Crippen LogP contribution in [0.15, 0.2) is 0 Å². The van der Waals surface area contributed by atoms with E-state index in [4.69, 9.17) is 5.73 Å². The van der Waals surface area contributed by atoms with E-state index < -0.39 is 9.84 Å². The second-order valence-electron chi connectivity index (χ2n) is 5.08. The van der Waals surface area contributed by atoms with Crippen molar-refractivity contribution in [3.8, 4) is 0 Å². The number of sulfone groups is 1. The molecule has 17 heavy (non-hydrogen) atoms. The normalized spacial score (nSPS) is 13.8. The van der Waals surface area contributed by atoms with Gasteiger partial charge in [-0.15, -0.1) is 0 Å². The molecule has 0 aromatic carbocycles. The summed E-state index contributed by atoms with van der Waals surface area (Å²) < 4.78 is 23.4. The van der Waals surface area contributed by atoms with Crippen molar-refractivity contribution in [1.29, 1.82) is 0 Å². The van der Waals surface area contributed by atoms with Crippen LogP contribution in [0.3, 0.4) is 0 Å². The van der Waals surface area contributed by atoms with E-state index in [1.807, 2.05) is 6.92 Å². The van der Waals surface area contributed by atoms with Crippen molar-refractivity contribution >= 4 is 9.84 Å². The van der Waals surface area contributed by atoms with E-state index in [2.05, 4.69) is 6.92 Å². The molecule has 0 fully saturated rings. The monoisotopic (exact) mass is 263 g/mol. The Balaban J connectivity index is 3.53. The summed E-state index contributed by atoms with van der Waals surface area (Å²) in [6.07, 6.45) is 8.10. The number of hydrogen-bond acceptors (Lipinski definition) is 3. The third-order valence-corrected chi connectivity index (χ3v) is 4.99. The van der Waals surface area contributed by atoms with Crippen molar-refractivity contribution in [3.63, 3.8) is 0 Å². The number of hydrogen-bond donors (Lipinski definition) is 1. The second-order valence-corrected chi connectivity index (χ2v) is 7.31. The molecule has 1 unspecified atom stereocenters. The molecule has 0 aliphatic rings. The van der Waals surface area contributed by atoms with E-state index in [0.29, 0.717) is 12.3 Å². The molecule has 0 heterocycles. The molecule has 0 amide bonds. The van der Waals surface area contributed by atoms with E-state index in [-0.39, 0.29) is 11.7 Å². The number of nitrogens with two attached hydrogens (primary N) is 1. The van der Waals surface area contributed by atoms with E-state index in [1.54, 1.807) is 0 Å². The van der Waals surface area contributed by atoms with Crippen LogP contribution in [0, 0.1) is 5.92 Å². The van der Waals surface area contributed by atoms with Gasteiger partial charge >= 0.3 is 0 Å². The fourth-order valence-corrected chi connectivity index (χ4v) is 3.68. The lowest BCUT2D eigenvalue weighted by atomic mass is 10.1. The third-order valence-electron chi connectivity index (χ3n) is 3.00. The molecule has 0 saturated heterocycles. The minimum absolute atomic E-state index is 0.0876. The molecule has 0 radical (unpaired) electrons. The van der Waals surface area contributed by atoms with Crippen LogP contribution in [0.2, 0.25) is 0 Å². The maximum atomic E-state index is 11.7. The smallest absolute Gasteiger partial charge is 0.150 e. The number of unbranched alkanes of at least 4 members (excludes halogenated alkanes) is 6. The van der Waals surface area contributed by atoms with E-state index in [9.17, 15) is 8.42 Å². The summed E-state index contributed by atoms with van der Waals surface area (Å²) in [6, 6.07) is 0. The van der Waals surface area contributed by atoms with Crippen molar-refractivity contribution in [2.75, 3.05) is 18.1 Å². The fourth-order valence-electron chi connectivity index (χ4n) is 1.86. The summed E-state index contributed by atoms with van der Waals surface area (Å²) in [4.78, 5) is 0. The first-order valence-corrected chi connectivity index (χ1v) is 8.74. The lowest BCUT2D eigenvalue weighted by Crippen LogP contribution is -2.22. The highest BCUT2D eigenvalue weighted by Crippen LogP contribution is 2.09. The van der Waals surface area contributed by atoms with Crippen LogP contribution in [-0.2, 0) is 9.84 Å². The van der Waals surface area contributed by atoms with E-state index in [0.717, 1.165) is 12.8 Å². The maximum absolute atomic E-state index is 11.7. The molecule has 0 aliphatic carbocycles. The Hall–Kier alpha value is -0.0900. The molecule has 0 bridgehead atoms. The molecule has 104 valence electrons. The van der Waals surface area contributed by atoms with Crippen molar-refractivity contribution < 1.29 is 8.42 Å². The average Bonchev–Trinajstić information content (AvgIpc) is 2.27. The maximum Gasteiger partial charge on any atom is 0.150 e. The van der Waals surface area contributed by atoms with Gasteiger partial charge in [-0.3, -0.25) is 0 Å². The summed E-state index contributed by atoms with van der Waals surface area (Å²) in [5.41, 5.74) is 5.44. The van der Waals surface area contributed by atoms with Crippen molar-refractivity contribution in [3.05, 3.63) is 0 Å². The molecule has 0 rings (SSSR count). The summed E-state index contributed by atoms with van der Waals surface area (Å²) in [5, 5.41) is 0. The van der Waals surface area contributed by atoms with Crippen LogP contribution >= 0.6 is 0 Å². The van der Waals surface area contributed by atoms with Gasteiger partial charge in [0.1, 0.15) is 0 Å². The van der Waals surface area contributed by atoms with Crippen molar-refractivity contribution in [2.45, 2.75) is 58.8 Å². The molecule has 1 atom stereocenters. The molecule has 0 aliphatic heterocycles. The van der Waals surface area contributed by atoms with Gasteiger partial charge in [-0.2, -0.15) is 0 Å². The lowest BCUT2D eigenvalue weighted by Gasteiger charge is -2.09. The minimum Gasteiger partial charge on any atom is -0.330 e. The van der Waals surface area contributed by atoms with Gasteiger partial charge in [-0.25, -0.2) is 8.42 Å². The van der Waals surface area contributed by atoms with E-state index >= 15 is 0 Å². The Morgan fingerprint density at radius 3 is 2.06 bits per heavy atom. The Morgan fingerprint density at radius 1 is 1.00 bits per heavy atom. The van der Waals surface area contributed by atoms with Crippen LogP contribution in [0.5, 0.6) is 0 Å². The van der Waals surface area contributed by atoms with Crippen molar-refractivity contribution in [2.24, 2.45) is 11.7 Å². The first-order valence-electron chi connectivity index (χ1n) is 6.92. The highest BCUT2D eigenvalue weighted by atomic mass is 32.2. The zero-order chi connectivity index (χ0) is 13.1. The van der Waals surface area contributed by atoms with Gasteiger partial charge in [0.05, 0.1) is 11.5 Å². The fraction of sp³-hybridized carbons (Fsp3) is 1.00. The molecule has 0 aromatic heterocycles. The zero-order valence-corrected chi connectivity index (χ0v) is 12.3. The second kappa shape index (κ2) is 9.89. The Kier molecular flexibility index (Phi) is 9.84. The molecular formula is C13H29NO2S. The van der Waals surface area contributed by atoms with E-state index in [1.165, 1.54) is 32.1 Å². The largest absolute Gasteiger partial charge is 0.330 e. The predicted octanol–water partition coefficient (Wildman–Crippen LogP) is 2.75. The van der Waals surface area contributed by atoms with Crippen LogP contribution in [0.1, 0.15) is 58.8 Å². The van der Waals surface area contributed by atoms with Gasteiger partial charge in [-0.1, -0.05) is 52.4 Å². The Morgan fingerprint density at radius 2 is 1.53 bits per heavy atom. The quantitative estimate of drug-likeness (QED) is 0.583. The highest BCUT2D eigenvalue weighted by Gasteiger charge is 2.14. The molecule has 3 nitrogen and oxygen atoms in total. The van der Waals surface area contributed by atoms with Gasteiger partial charge in [0, 0.05) is 0 Å². The first kappa shape index (κ1) is 16.9.